The van der Waals surface area contributed by atoms with E-state index in [-0.39, 0.29) is 37.9 Å². The molecule has 1 fully saturated rings. The smallest absolute Gasteiger partial charge is 0.389 e. The van der Waals surface area contributed by atoms with E-state index in [2.05, 4.69) is 24.3 Å². The third kappa shape index (κ3) is 8.93. The lowest BCUT2D eigenvalue weighted by molar-refractivity contribution is -0.952. The Hall–Kier alpha value is -1.28. The fourth-order valence-electron chi connectivity index (χ4n) is 3.67. The highest BCUT2D eigenvalue weighted by Crippen LogP contribution is 2.49. The number of ether oxygens (including phenoxy) is 1. The molecule has 0 aliphatic carbocycles. The van der Waals surface area contributed by atoms with Gasteiger partial charge in [-0.3, -0.25) is 4.57 Å². The quantitative estimate of drug-likeness (QED) is 0.126. The van der Waals surface area contributed by atoms with Crippen molar-refractivity contribution in [1.82, 2.24) is 0 Å². The maximum atomic E-state index is 13.2. The van der Waals surface area contributed by atoms with Gasteiger partial charge in [0.05, 0.1) is 26.4 Å². The van der Waals surface area contributed by atoms with E-state index in [1.54, 1.807) is 13.8 Å². The van der Waals surface area contributed by atoms with E-state index >= 15 is 0 Å². The standard InChI is InChI=1S/C23H33NO6P.ClH/c1-3-27-29-31(25,30-28-4-2)16-15-24(19-23-20-26-23,17-21-11-7-5-8-12-21)18-22-13-9-6-10-14-22;/h5-14,23H,3-4,15-20H2,1-2H3;1H/q+1;/p-1. The molecule has 2 aromatic rings. The van der Waals surface area contributed by atoms with Crippen LogP contribution < -0.4 is 12.4 Å². The van der Waals surface area contributed by atoms with E-state index in [0.717, 1.165) is 26.2 Å². The van der Waals surface area contributed by atoms with Crippen molar-refractivity contribution in [2.75, 3.05) is 39.1 Å². The van der Waals surface area contributed by atoms with E-state index in [0.29, 0.717) is 11.0 Å². The summed E-state index contributed by atoms with van der Waals surface area (Å²) in [6.45, 7) is 7.74. The molecular formula is C23H33ClNO6P. The Labute approximate surface area is 197 Å². The van der Waals surface area contributed by atoms with Gasteiger partial charge in [-0.05, 0) is 13.8 Å². The highest BCUT2D eigenvalue weighted by Gasteiger charge is 2.40. The summed E-state index contributed by atoms with van der Waals surface area (Å²) < 4.78 is 29.8. The lowest BCUT2D eigenvalue weighted by Gasteiger charge is -2.39. The van der Waals surface area contributed by atoms with Crippen LogP contribution in [0.2, 0.25) is 0 Å². The second-order valence-electron chi connectivity index (χ2n) is 7.79. The Kier molecular flexibility index (Phi) is 11.3. The van der Waals surface area contributed by atoms with Gasteiger partial charge in [0, 0.05) is 11.1 Å². The van der Waals surface area contributed by atoms with Crippen LogP contribution in [-0.2, 0) is 41.5 Å². The molecule has 0 N–H and O–H groups in total. The van der Waals surface area contributed by atoms with Gasteiger partial charge in [0.2, 0.25) is 0 Å². The highest BCUT2D eigenvalue weighted by atomic mass is 35.5. The molecule has 1 saturated heterocycles. The number of nitrogens with zero attached hydrogens (tertiary/aromatic N) is 1. The van der Waals surface area contributed by atoms with Crippen molar-refractivity contribution in [3.8, 4) is 0 Å². The molecule has 0 saturated carbocycles. The molecule has 1 aliphatic heterocycles. The molecule has 1 aliphatic rings. The van der Waals surface area contributed by atoms with Crippen molar-refractivity contribution in [1.29, 1.82) is 0 Å². The maximum Gasteiger partial charge on any atom is 0.389 e. The van der Waals surface area contributed by atoms with Gasteiger partial charge >= 0.3 is 7.60 Å². The fraction of sp³-hybridized carbons (Fsp3) is 0.478. The monoisotopic (exact) mass is 485 g/mol. The van der Waals surface area contributed by atoms with Crippen LogP contribution in [0.1, 0.15) is 25.0 Å². The number of benzene rings is 2. The van der Waals surface area contributed by atoms with Crippen molar-refractivity contribution in [3.05, 3.63) is 71.8 Å². The van der Waals surface area contributed by atoms with Crippen molar-refractivity contribution >= 4 is 7.60 Å². The van der Waals surface area contributed by atoms with Crippen LogP contribution in [0.15, 0.2) is 60.7 Å². The minimum Gasteiger partial charge on any atom is -1.00 e. The van der Waals surface area contributed by atoms with Crippen molar-refractivity contribution < 1.29 is 45.3 Å². The number of halogens is 1. The summed E-state index contributed by atoms with van der Waals surface area (Å²) in [5.74, 6) is 0. The third-order valence-electron chi connectivity index (χ3n) is 5.13. The minimum atomic E-state index is -3.58. The first-order valence-corrected chi connectivity index (χ1v) is 12.6. The fourth-order valence-corrected chi connectivity index (χ4v) is 5.04. The molecule has 9 heteroatoms. The second kappa shape index (κ2) is 13.4. The minimum absolute atomic E-state index is 0. The summed E-state index contributed by atoms with van der Waals surface area (Å²) >= 11 is 0. The van der Waals surface area contributed by atoms with Gasteiger partial charge in [0.1, 0.15) is 31.9 Å². The normalized spacial score (nSPS) is 15.9. The first-order chi connectivity index (χ1) is 15.1. The van der Waals surface area contributed by atoms with E-state index in [1.165, 1.54) is 11.1 Å². The van der Waals surface area contributed by atoms with Gasteiger partial charge in [-0.1, -0.05) is 60.7 Å². The largest absolute Gasteiger partial charge is 1.00 e. The van der Waals surface area contributed by atoms with Gasteiger partial charge < -0.3 is 21.6 Å². The summed E-state index contributed by atoms with van der Waals surface area (Å²) in [5.41, 5.74) is 2.43. The highest BCUT2D eigenvalue weighted by molar-refractivity contribution is 7.53. The second-order valence-corrected chi connectivity index (χ2v) is 9.75. The molecule has 0 aromatic heterocycles. The number of hydrogen-bond donors (Lipinski definition) is 0. The predicted octanol–water partition coefficient (Wildman–Crippen LogP) is 1.74. The van der Waals surface area contributed by atoms with Gasteiger partial charge in [-0.15, -0.1) is 9.35 Å². The first-order valence-electron chi connectivity index (χ1n) is 10.8. The molecule has 0 radical (unpaired) electrons. The lowest BCUT2D eigenvalue weighted by atomic mass is 10.1. The summed E-state index contributed by atoms with van der Waals surface area (Å²) in [6, 6.07) is 20.7. The van der Waals surface area contributed by atoms with Crippen molar-refractivity contribution in [2.24, 2.45) is 0 Å². The van der Waals surface area contributed by atoms with Crippen molar-refractivity contribution in [3.63, 3.8) is 0 Å². The Balaban J connectivity index is 0.00000363. The summed E-state index contributed by atoms with van der Waals surface area (Å²) in [4.78, 5) is 9.98. The van der Waals surface area contributed by atoms with Crippen molar-refractivity contribution in [2.45, 2.75) is 33.0 Å². The van der Waals surface area contributed by atoms with Gasteiger partial charge in [0.15, 0.2) is 0 Å². The van der Waals surface area contributed by atoms with Crippen LogP contribution in [0.4, 0.5) is 0 Å². The number of hydrogen-bond acceptors (Lipinski definition) is 6. The van der Waals surface area contributed by atoms with E-state index in [4.69, 9.17) is 23.9 Å². The molecule has 178 valence electrons. The van der Waals surface area contributed by atoms with Crippen LogP contribution in [0.25, 0.3) is 0 Å². The average molecular weight is 486 g/mol. The Bertz CT molecular complexity index is 768. The lowest BCUT2D eigenvalue weighted by Crippen LogP contribution is -3.00. The summed E-state index contributed by atoms with van der Waals surface area (Å²) in [7, 11) is -3.58. The Morgan fingerprint density at radius 1 is 0.906 bits per heavy atom. The number of epoxide rings is 1. The van der Waals surface area contributed by atoms with Crippen LogP contribution >= 0.6 is 7.60 Å². The third-order valence-corrected chi connectivity index (χ3v) is 6.54. The molecule has 3 rings (SSSR count). The zero-order valence-electron chi connectivity index (χ0n) is 18.7. The molecule has 0 amide bonds. The average Bonchev–Trinajstić information content (AvgIpc) is 3.60. The summed E-state index contributed by atoms with van der Waals surface area (Å²) in [5, 5.41) is 0. The predicted molar refractivity (Wildman–Crippen MR) is 118 cm³/mol. The molecule has 2 aromatic carbocycles. The number of rotatable bonds is 15. The number of quaternary nitrogens is 1. The summed E-state index contributed by atoms with van der Waals surface area (Å²) in [6.07, 6.45) is 0.367. The van der Waals surface area contributed by atoms with Crippen LogP contribution in [-0.4, -0.2) is 49.7 Å². The topological polar surface area (TPSA) is 66.5 Å². The van der Waals surface area contributed by atoms with Gasteiger partial charge in [0.25, 0.3) is 0 Å². The van der Waals surface area contributed by atoms with E-state index in [9.17, 15) is 4.57 Å². The Morgan fingerprint density at radius 2 is 1.38 bits per heavy atom. The molecule has 0 spiro atoms. The molecule has 7 nitrogen and oxygen atoms in total. The SMILES string of the molecule is CCOOP(=O)(CC[N+](Cc1ccccc1)(Cc1ccccc1)CC1CO1)OOCC.[Cl-]. The maximum absolute atomic E-state index is 13.2. The molecular weight excluding hydrogens is 453 g/mol. The van der Waals surface area contributed by atoms with Gasteiger partial charge in [-0.25, -0.2) is 9.78 Å². The van der Waals surface area contributed by atoms with Crippen LogP contribution in [0.3, 0.4) is 0 Å². The first kappa shape index (κ1) is 27.0. The molecule has 1 heterocycles. The zero-order chi connectivity index (χ0) is 22.0. The molecule has 0 bridgehead atoms. The van der Waals surface area contributed by atoms with E-state index < -0.39 is 7.60 Å². The zero-order valence-corrected chi connectivity index (χ0v) is 20.4. The van der Waals surface area contributed by atoms with Gasteiger partial charge in [-0.2, -0.15) is 0 Å². The van der Waals surface area contributed by atoms with E-state index in [1.807, 2.05) is 36.4 Å². The molecule has 1 unspecified atom stereocenters. The van der Waals surface area contributed by atoms with Crippen LogP contribution in [0, 0.1) is 0 Å². The Morgan fingerprint density at radius 3 is 1.78 bits per heavy atom. The van der Waals surface area contributed by atoms with Crippen LogP contribution in [0.5, 0.6) is 0 Å². The molecule has 32 heavy (non-hydrogen) atoms. The molecule has 1 atom stereocenters.